The highest BCUT2D eigenvalue weighted by Crippen LogP contribution is 2.14. The van der Waals surface area contributed by atoms with Crippen molar-refractivity contribution in [2.45, 2.75) is 6.92 Å². The molecule has 0 saturated carbocycles. The maximum Gasteiger partial charge on any atom is 0.282 e. The van der Waals surface area contributed by atoms with Crippen LogP contribution in [0.1, 0.15) is 6.92 Å². The van der Waals surface area contributed by atoms with Crippen molar-refractivity contribution in [3.8, 4) is 0 Å². The van der Waals surface area contributed by atoms with Gasteiger partial charge in [-0.3, -0.25) is 9.59 Å². The van der Waals surface area contributed by atoms with Crippen LogP contribution in [0.15, 0.2) is 48.5 Å². The highest BCUT2D eigenvalue weighted by Gasteiger charge is 2.20. The minimum absolute atomic E-state index is 0.129. The van der Waals surface area contributed by atoms with Gasteiger partial charge in [-0.2, -0.15) is 0 Å². The van der Waals surface area contributed by atoms with Gasteiger partial charge >= 0.3 is 0 Å². The molecule has 2 amide bonds. The minimum Gasteiger partial charge on any atom is -0.322 e. The summed E-state index contributed by atoms with van der Waals surface area (Å²) in [5.74, 6) is -0.669. The van der Waals surface area contributed by atoms with E-state index in [9.17, 15) is 14.0 Å². The van der Waals surface area contributed by atoms with E-state index in [1.165, 1.54) is 12.1 Å². The van der Waals surface area contributed by atoms with Gasteiger partial charge in [-0.25, -0.2) is 4.39 Å². The number of quaternary nitrogens is 1. The quantitative estimate of drug-likeness (QED) is 0.774. The van der Waals surface area contributed by atoms with Crippen molar-refractivity contribution in [2.75, 3.05) is 36.9 Å². The number of hydrogen-bond donors (Lipinski definition) is 2. The molecule has 2 aromatic rings. The van der Waals surface area contributed by atoms with Crippen LogP contribution in [0.4, 0.5) is 15.8 Å². The average Bonchev–Trinajstić information content (AvgIpc) is 2.59. The predicted molar refractivity (Wildman–Crippen MR) is 101 cm³/mol. The van der Waals surface area contributed by atoms with Crippen molar-refractivity contribution in [1.29, 1.82) is 0 Å². The molecule has 1 atom stereocenters. The molecule has 0 aliphatic carbocycles. The summed E-state index contributed by atoms with van der Waals surface area (Å²) in [6.45, 7) is 2.62. The van der Waals surface area contributed by atoms with E-state index in [4.69, 9.17) is 11.6 Å². The Morgan fingerprint density at radius 2 is 1.69 bits per heavy atom. The lowest BCUT2D eigenvalue weighted by Crippen LogP contribution is -3.11. The van der Waals surface area contributed by atoms with Gasteiger partial charge in [0.15, 0.2) is 13.1 Å². The van der Waals surface area contributed by atoms with Gasteiger partial charge in [0.25, 0.3) is 11.8 Å². The molecule has 0 aliphatic rings. The maximum absolute atomic E-state index is 13.1. The Hall–Kier alpha value is -2.44. The zero-order valence-corrected chi connectivity index (χ0v) is 15.5. The lowest BCUT2D eigenvalue weighted by molar-refractivity contribution is -0.862. The van der Waals surface area contributed by atoms with Crippen LogP contribution < -0.4 is 15.1 Å². The number of carbonyl (C=O) groups excluding carboxylic acids is 2. The number of nitrogens with one attached hydrogen (secondary N) is 2. The molecule has 0 aromatic heterocycles. The Balaban J connectivity index is 1.89. The molecule has 0 saturated heterocycles. The van der Waals surface area contributed by atoms with Crippen LogP contribution >= 0.6 is 11.6 Å². The summed E-state index contributed by atoms with van der Waals surface area (Å²) >= 11 is 5.81. The lowest BCUT2D eigenvalue weighted by Gasteiger charge is -2.22. The number of likely N-dealkylation sites (N-methyl/N-ethyl adjacent to an activating group) is 2. The Labute approximate surface area is 157 Å². The first-order valence-corrected chi connectivity index (χ1v) is 8.69. The number of anilines is 2. The molecule has 0 spiro atoms. The van der Waals surface area contributed by atoms with Crippen LogP contribution in [0.5, 0.6) is 0 Å². The third kappa shape index (κ3) is 5.82. The van der Waals surface area contributed by atoms with E-state index >= 15 is 0 Å². The van der Waals surface area contributed by atoms with Crippen molar-refractivity contribution in [1.82, 2.24) is 0 Å². The fourth-order valence-electron chi connectivity index (χ4n) is 2.55. The summed E-state index contributed by atoms with van der Waals surface area (Å²) in [5.41, 5.74) is 1.29. The fraction of sp³-hybridized carbons (Fsp3) is 0.263. The first-order valence-electron chi connectivity index (χ1n) is 8.31. The molecular formula is C19H22ClFN3O2+. The Kier molecular flexibility index (Phi) is 7.12. The minimum atomic E-state index is -0.348. The second-order valence-corrected chi connectivity index (χ2v) is 6.42. The molecule has 5 nitrogen and oxygen atoms in total. The van der Waals surface area contributed by atoms with Gasteiger partial charge in [0.1, 0.15) is 5.82 Å². The SMILES string of the molecule is CCN(C(=O)C[NH+](C)CC(=O)Nc1ccc(Cl)cc1)c1ccc(F)cc1. The Bertz CT molecular complexity index is 750. The zero-order valence-electron chi connectivity index (χ0n) is 14.8. The molecule has 0 heterocycles. The number of nitrogens with zero attached hydrogens (tertiary/aromatic N) is 1. The van der Waals surface area contributed by atoms with E-state index in [1.54, 1.807) is 48.3 Å². The molecule has 2 aromatic carbocycles. The van der Waals surface area contributed by atoms with Crippen molar-refractivity contribution < 1.29 is 18.9 Å². The fourth-order valence-corrected chi connectivity index (χ4v) is 2.68. The number of hydrogen-bond acceptors (Lipinski definition) is 2. The van der Waals surface area contributed by atoms with Crippen LogP contribution in [-0.2, 0) is 9.59 Å². The summed E-state index contributed by atoms with van der Waals surface area (Å²) in [4.78, 5) is 26.9. The van der Waals surface area contributed by atoms with Crippen LogP contribution in [0.2, 0.25) is 5.02 Å². The number of amides is 2. The van der Waals surface area contributed by atoms with Gasteiger partial charge in [-0.15, -0.1) is 0 Å². The van der Waals surface area contributed by atoms with Gasteiger partial charge < -0.3 is 15.1 Å². The molecule has 0 aliphatic heterocycles. The van der Waals surface area contributed by atoms with Gasteiger partial charge in [-0.1, -0.05) is 11.6 Å². The third-order valence-corrected chi connectivity index (χ3v) is 4.05. The third-order valence-electron chi connectivity index (χ3n) is 3.80. The monoisotopic (exact) mass is 378 g/mol. The van der Waals surface area contributed by atoms with Gasteiger partial charge in [0.2, 0.25) is 0 Å². The molecule has 2 rings (SSSR count). The largest absolute Gasteiger partial charge is 0.322 e. The van der Waals surface area contributed by atoms with Gasteiger partial charge in [-0.05, 0) is 55.5 Å². The smallest absolute Gasteiger partial charge is 0.282 e. The van der Waals surface area contributed by atoms with Gasteiger partial charge in [0, 0.05) is 22.9 Å². The Morgan fingerprint density at radius 1 is 1.08 bits per heavy atom. The molecule has 0 fully saturated rings. The standard InChI is InChI=1S/C19H21ClFN3O2/c1-3-24(17-10-6-15(21)7-11-17)19(26)13-23(2)12-18(25)22-16-8-4-14(20)5-9-16/h4-11H,3,12-13H2,1-2H3,(H,22,25)/p+1. The molecular weight excluding hydrogens is 357 g/mol. The summed E-state index contributed by atoms with van der Waals surface area (Å²) in [6.07, 6.45) is 0. The molecule has 26 heavy (non-hydrogen) atoms. The van der Waals surface area contributed by atoms with E-state index in [0.717, 1.165) is 4.90 Å². The zero-order chi connectivity index (χ0) is 19.1. The summed E-state index contributed by atoms with van der Waals surface area (Å²) in [6, 6.07) is 12.6. The van der Waals surface area contributed by atoms with Crippen LogP contribution in [-0.4, -0.2) is 38.5 Å². The van der Waals surface area contributed by atoms with E-state index in [-0.39, 0.29) is 30.7 Å². The molecule has 138 valence electrons. The summed E-state index contributed by atoms with van der Waals surface area (Å²) in [7, 11) is 1.78. The summed E-state index contributed by atoms with van der Waals surface area (Å²) < 4.78 is 13.1. The summed E-state index contributed by atoms with van der Waals surface area (Å²) in [5, 5.41) is 3.36. The number of rotatable bonds is 7. The van der Waals surface area contributed by atoms with Crippen molar-refractivity contribution >= 4 is 34.8 Å². The first kappa shape index (κ1) is 19.9. The maximum atomic E-state index is 13.1. The highest BCUT2D eigenvalue weighted by atomic mass is 35.5. The van der Waals surface area contributed by atoms with E-state index in [2.05, 4.69) is 5.32 Å². The number of benzene rings is 2. The van der Waals surface area contributed by atoms with Gasteiger partial charge in [0.05, 0.1) is 7.05 Å². The second-order valence-electron chi connectivity index (χ2n) is 5.98. The van der Waals surface area contributed by atoms with Crippen LogP contribution in [0.3, 0.4) is 0 Å². The van der Waals surface area contributed by atoms with Crippen molar-refractivity contribution in [3.63, 3.8) is 0 Å². The topological polar surface area (TPSA) is 53.9 Å². The highest BCUT2D eigenvalue weighted by molar-refractivity contribution is 6.30. The second kappa shape index (κ2) is 9.31. The number of halogens is 2. The van der Waals surface area contributed by atoms with Crippen molar-refractivity contribution in [2.24, 2.45) is 0 Å². The average molecular weight is 379 g/mol. The van der Waals surface area contributed by atoms with E-state index in [1.807, 2.05) is 6.92 Å². The molecule has 0 radical (unpaired) electrons. The Morgan fingerprint density at radius 3 is 2.27 bits per heavy atom. The van der Waals surface area contributed by atoms with Crippen LogP contribution in [0, 0.1) is 5.82 Å². The molecule has 7 heteroatoms. The predicted octanol–water partition coefficient (Wildman–Crippen LogP) is 1.99. The molecule has 2 N–H and O–H groups in total. The first-order chi connectivity index (χ1) is 12.4. The lowest BCUT2D eigenvalue weighted by atomic mass is 10.2. The van der Waals surface area contributed by atoms with E-state index in [0.29, 0.717) is 22.9 Å². The molecule has 0 bridgehead atoms. The van der Waals surface area contributed by atoms with Crippen LogP contribution in [0.25, 0.3) is 0 Å². The van der Waals surface area contributed by atoms with E-state index < -0.39 is 0 Å². The van der Waals surface area contributed by atoms with Crippen molar-refractivity contribution in [3.05, 3.63) is 59.4 Å². The number of carbonyl (C=O) groups is 2. The normalized spacial score (nSPS) is 11.7. The molecule has 1 unspecified atom stereocenters.